The number of carbonyl (C=O) groups is 2. The molecule has 0 aliphatic rings. The zero-order valence-electron chi connectivity index (χ0n) is 21.0. The van der Waals surface area contributed by atoms with Gasteiger partial charge < -0.3 is 39.0 Å². The molecule has 8 nitrogen and oxygen atoms in total. The fourth-order valence-electron chi connectivity index (χ4n) is 3.21. The standard InChI is InChI=1S/C18H36O2.C7H6O2.Al.H3O4P/c1-2-3-4-5-6-7-8-9-10-11-12-13-14-15-16-17-18(19)20;8-7(9)6-4-2-1-3-5-6;;1-5(2,3)4/h2-17H2,1H3,(H,19,20);1-5H,(H,8,9);;(H3,1,2,3,4)/q;;+3;/p-5. The molecule has 0 N–H and O–H groups in total. The molecule has 0 atom stereocenters. The molecule has 35 heavy (non-hydrogen) atoms. The van der Waals surface area contributed by atoms with Crippen LogP contribution in [0.4, 0.5) is 0 Å². The summed E-state index contributed by atoms with van der Waals surface area (Å²) < 4.78 is 8.55. The molecule has 0 fully saturated rings. The Morgan fingerprint density at radius 2 is 0.971 bits per heavy atom. The first-order valence-electron chi connectivity index (χ1n) is 12.3. The zero-order valence-corrected chi connectivity index (χ0v) is 23.0. The maximum atomic E-state index is 10.2. The second-order valence-corrected chi connectivity index (χ2v) is 9.07. The fourth-order valence-corrected chi connectivity index (χ4v) is 3.21. The topological polar surface area (TPSA) is 167 Å². The molecule has 0 aliphatic carbocycles. The maximum absolute atomic E-state index is 10.2. The molecule has 10 heteroatoms. The van der Waals surface area contributed by atoms with Crippen molar-refractivity contribution >= 4 is 37.1 Å². The van der Waals surface area contributed by atoms with Gasteiger partial charge in [-0.1, -0.05) is 127 Å². The van der Waals surface area contributed by atoms with E-state index in [-0.39, 0.29) is 29.3 Å². The minimum Gasteiger partial charge on any atom is -0.822 e. The van der Waals surface area contributed by atoms with E-state index in [0.717, 1.165) is 12.8 Å². The Bertz CT molecular complexity index is 644. The van der Waals surface area contributed by atoms with E-state index in [1.807, 2.05) is 0 Å². The molecule has 0 heterocycles. The summed E-state index contributed by atoms with van der Waals surface area (Å²) in [6.07, 6.45) is 19.9. The van der Waals surface area contributed by atoms with E-state index in [9.17, 15) is 19.8 Å². The van der Waals surface area contributed by atoms with Gasteiger partial charge in [-0.05, 0) is 18.4 Å². The first-order valence-corrected chi connectivity index (χ1v) is 13.7. The molecule has 1 rings (SSSR count). The molecule has 0 saturated heterocycles. The average Bonchev–Trinajstić information content (AvgIpc) is 2.76. The van der Waals surface area contributed by atoms with Crippen LogP contribution in [0.1, 0.15) is 120 Å². The van der Waals surface area contributed by atoms with E-state index < -0.39 is 19.8 Å². The summed E-state index contributed by atoms with van der Waals surface area (Å²) in [5.74, 6) is -2.03. The monoisotopic (exact) mass is 526 g/mol. The van der Waals surface area contributed by atoms with Gasteiger partial charge in [0.2, 0.25) is 0 Å². The van der Waals surface area contributed by atoms with E-state index >= 15 is 0 Å². The Morgan fingerprint density at radius 3 is 1.23 bits per heavy atom. The van der Waals surface area contributed by atoms with Crippen molar-refractivity contribution in [1.82, 2.24) is 0 Å². The van der Waals surface area contributed by atoms with Gasteiger partial charge in [-0.3, -0.25) is 0 Å². The largest absolute Gasteiger partial charge is 3.00 e. The van der Waals surface area contributed by atoms with E-state index in [1.165, 1.54) is 95.6 Å². The first-order chi connectivity index (χ1) is 16.1. The van der Waals surface area contributed by atoms with Gasteiger partial charge in [0.15, 0.2) is 0 Å². The molecule has 0 aliphatic heterocycles. The number of carboxylic acids is 2. The molecule has 0 bridgehead atoms. The van der Waals surface area contributed by atoms with Gasteiger partial charge in [-0.2, -0.15) is 7.82 Å². The quantitative estimate of drug-likeness (QED) is 0.168. The third-order valence-corrected chi connectivity index (χ3v) is 4.99. The number of aliphatic carboxylic acids is 1. The Morgan fingerprint density at radius 1 is 0.657 bits per heavy atom. The van der Waals surface area contributed by atoms with Crippen molar-refractivity contribution < 1.29 is 39.0 Å². The summed E-state index contributed by atoms with van der Waals surface area (Å²) in [4.78, 5) is 46.0. The zero-order chi connectivity index (χ0) is 26.1. The van der Waals surface area contributed by atoms with Crippen LogP contribution in [0.25, 0.3) is 0 Å². The number of carboxylic acid groups (broad SMARTS) is 2. The molecule has 198 valence electrons. The van der Waals surface area contributed by atoms with E-state index in [4.69, 9.17) is 19.2 Å². The molecule has 0 radical (unpaired) electrons. The second kappa shape index (κ2) is 27.4. The van der Waals surface area contributed by atoms with Crippen LogP contribution < -0.4 is 24.9 Å². The van der Waals surface area contributed by atoms with Gasteiger partial charge in [0.05, 0.1) is 5.97 Å². The summed E-state index contributed by atoms with van der Waals surface area (Å²) in [6.45, 7) is 2.27. The van der Waals surface area contributed by atoms with Crippen molar-refractivity contribution in [3.05, 3.63) is 35.9 Å². The van der Waals surface area contributed by atoms with Crippen LogP contribution in [0.15, 0.2) is 30.3 Å². The van der Waals surface area contributed by atoms with E-state index in [1.54, 1.807) is 18.2 Å². The molecule has 1 aromatic rings. The molecule has 0 saturated carbocycles. The van der Waals surface area contributed by atoms with Crippen LogP contribution in [0.2, 0.25) is 0 Å². The third-order valence-electron chi connectivity index (χ3n) is 4.99. The number of phosphoric acid groups is 1. The summed E-state index contributed by atoms with van der Waals surface area (Å²) in [5.41, 5.74) is 0.220. The number of carbonyl (C=O) groups excluding carboxylic acids is 2. The van der Waals surface area contributed by atoms with Crippen LogP contribution in [0.3, 0.4) is 0 Å². The van der Waals surface area contributed by atoms with Crippen LogP contribution in [-0.4, -0.2) is 29.3 Å². The molecular weight excluding hydrogens is 486 g/mol. The van der Waals surface area contributed by atoms with Gasteiger partial charge in [0.1, 0.15) is 0 Å². The van der Waals surface area contributed by atoms with E-state index in [2.05, 4.69) is 6.92 Å². The smallest absolute Gasteiger partial charge is 0.822 e. The summed E-state index contributed by atoms with van der Waals surface area (Å²) >= 11 is 0. The SMILES string of the molecule is CCCCCCCCCCCCCCCCCC(=O)[O-].O=C([O-])c1ccccc1.O=P([O-])([O-])[O-].[Al+3]. The van der Waals surface area contributed by atoms with Gasteiger partial charge in [0, 0.05) is 5.97 Å². The predicted octanol–water partition coefficient (Wildman–Crippen LogP) is 1.84. The molecule has 0 spiro atoms. The summed E-state index contributed by atoms with van der Waals surface area (Å²) in [5, 5.41) is 20.3. The number of hydrogen-bond acceptors (Lipinski definition) is 8. The Kier molecular flexibility index (Phi) is 30.0. The van der Waals surface area contributed by atoms with Gasteiger partial charge in [0.25, 0.3) is 0 Å². The van der Waals surface area contributed by atoms with Crippen molar-refractivity contribution in [2.24, 2.45) is 0 Å². The summed E-state index contributed by atoms with van der Waals surface area (Å²) in [7, 11) is -5.39. The van der Waals surface area contributed by atoms with Gasteiger partial charge in [-0.15, -0.1) is 0 Å². The minimum atomic E-state index is -5.39. The fraction of sp³-hybridized carbons (Fsp3) is 0.680. The van der Waals surface area contributed by atoms with Crippen LogP contribution in [0.5, 0.6) is 0 Å². The number of aromatic carboxylic acids is 1. The Hall–Kier alpha value is -1.20. The van der Waals surface area contributed by atoms with Crippen LogP contribution >= 0.6 is 7.82 Å². The Labute approximate surface area is 221 Å². The van der Waals surface area contributed by atoms with Crippen molar-refractivity contribution in [3.63, 3.8) is 0 Å². The number of rotatable bonds is 17. The number of unbranched alkanes of at least 4 members (excludes halogenated alkanes) is 14. The van der Waals surface area contributed by atoms with Gasteiger partial charge >= 0.3 is 17.4 Å². The normalized spacial score (nSPS) is 10.2. The average molecular weight is 527 g/mol. The van der Waals surface area contributed by atoms with Crippen molar-refractivity contribution in [2.75, 3.05) is 0 Å². The van der Waals surface area contributed by atoms with Gasteiger partial charge in [-0.25, -0.2) is 0 Å². The molecule has 0 amide bonds. The van der Waals surface area contributed by atoms with Crippen LogP contribution in [-0.2, 0) is 9.36 Å². The molecule has 0 aromatic heterocycles. The molecular formula is C25H40AlO8P-2. The number of benzene rings is 1. The van der Waals surface area contributed by atoms with Crippen molar-refractivity contribution in [2.45, 2.75) is 110 Å². The van der Waals surface area contributed by atoms with Crippen molar-refractivity contribution in [3.8, 4) is 0 Å². The van der Waals surface area contributed by atoms with Crippen molar-refractivity contribution in [1.29, 1.82) is 0 Å². The minimum absolute atomic E-state index is 0. The maximum Gasteiger partial charge on any atom is 3.00 e. The second-order valence-electron chi connectivity index (χ2n) is 8.17. The molecule has 1 aromatic carbocycles. The first kappa shape index (κ1) is 38.3. The van der Waals surface area contributed by atoms with E-state index in [0.29, 0.717) is 0 Å². The third kappa shape index (κ3) is 40.3. The summed E-state index contributed by atoms with van der Waals surface area (Å²) in [6, 6.07) is 8.06. The predicted molar refractivity (Wildman–Crippen MR) is 129 cm³/mol. The number of hydrogen-bond donors (Lipinski definition) is 0. The molecule has 0 unspecified atom stereocenters. The Balaban J connectivity index is -0.000000559. The van der Waals surface area contributed by atoms with Crippen LogP contribution in [0, 0.1) is 0 Å².